The van der Waals surface area contributed by atoms with Gasteiger partial charge in [0.25, 0.3) is 0 Å². The number of aromatic nitrogens is 4. The van der Waals surface area contributed by atoms with Gasteiger partial charge in [-0.05, 0) is 31.7 Å². The molecule has 1 saturated heterocycles. The van der Waals surface area contributed by atoms with E-state index in [0.717, 1.165) is 48.7 Å². The third-order valence-corrected chi connectivity index (χ3v) is 3.94. The Morgan fingerprint density at radius 1 is 1.43 bits per heavy atom. The molecule has 0 aromatic carbocycles. The van der Waals surface area contributed by atoms with E-state index in [1.807, 2.05) is 17.9 Å². The van der Waals surface area contributed by atoms with Gasteiger partial charge in [-0.25, -0.2) is 0 Å². The Labute approximate surface area is 123 Å². The summed E-state index contributed by atoms with van der Waals surface area (Å²) in [4.78, 5) is 22.2. The van der Waals surface area contributed by atoms with Crippen LogP contribution < -0.4 is 0 Å². The molecule has 0 unspecified atom stereocenters. The van der Waals surface area contributed by atoms with Crippen molar-refractivity contribution in [2.75, 3.05) is 13.1 Å². The lowest BCUT2D eigenvalue weighted by atomic mass is 10.0. The Kier molecular flexibility index (Phi) is 3.68. The first-order valence-electron chi connectivity index (χ1n) is 7.21. The highest BCUT2D eigenvalue weighted by molar-refractivity contribution is 5.73. The van der Waals surface area contributed by atoms with E-state index >= 15 is 0 Å². The average molecular weight is 285 g/mol. The number of carbonyl (C=O) groups excluding carboxylic acids is 1. The fourth-order valence-electron chi connectivity index (χ4n) is 2.83. The van der Waals surface area contributed by atoms with Gasteiger partial charge in [0.15, 0.2) is 0 Å². The van der Waals surface area contributed by atoms with Crippen LogP contribution >= 0.6 is 0 Å². The summed E-state index contributed by atoms with van der Waals surface area (Å²) in [7, 11) is 0. The van der Waals surface area contributed by atoms with E-state index in [-0.39, 0.29) is 5.91 Å². The fraction of sp³-hybridized carbons (Fsp3) is 0.467. The highest BCUT2D eigenvalue weighted by Gasteiger charge is 2.26. The Balaban J connectivity index is 1.79. The van der Waals surface area contributed by atoms with Crippen molar-refractivity contribution < 1.29 is 4.79 Å². The Morgan fingerprint density at radius 3 is 2.90 bits per heavy atom. The lowest BCUT2D eigenvalue weighted by molar-refractivity contribution is -0.127. The molecule has 3 heterocycles. The molecule has 21 heavy (non-hydrogen) atoms. The first kappa shape index (κ1) is 13.7. The van der Waals surface area contributed by atoms with Gasteiger partial charge in [-0.15, -0.1) is 0 Å². The molecule has 1 aliphatic rings. The van der Waals surface area contributed by atoms with Crippen molar-refractivity contribution in [3.63, 3.8) is 0 Å². The van der Waals surface area contributed by atoms with Gasteiger partial charge in [0.2, 0.25) is 5.91 Å². The summed E-state index contributed by atoms with van der Waals surface area (Å²) in [6, 6.07) is 1.98. The zero-order chi connectivity index (χ0) is 14.8. The molecule has 110 valence electrons. The predicted octanol–water partition coefficient (Wildman–Crippen LogP) is 1.59. The van der Waals surface area contributed by atoms with Crippen LogP contribution in [0.4, 0.5) is 0 Å². The molecular formula is C15H19N5O. The normalized spacial score (nSPS) is 18.2. The second-order valence-corrected chi connectivity index (χ2v) is 5.61. The van der Waals surface area contributed by atoms with Crippen LogP contribution in [0.5, 0.6) is 0 Å². The van der Waals surface area contributed by atoms with Gasteiger partial charge in [0.05, 0.1) is 5.69 Å². The molecule has 2 aromatic heterocycles. The van der Waals surface area contributed by atoms with Gasteiger partial charge in [-0.1, -0.05) is 0 Å². The van der Waals surface area contributed by atoms with Crippen LogP contribution in [0.15, 0.2) is 18.5 Å². The second kappa shape index (κ2) is 5.63. The smallest absolute Gasteiger partial charge is 0.219 e. The predicted molar refractivity (Wildman–Crippen MR) is 78.4 cm³/mol. The Morgan fingerprint density at radius 2 is 2.24 bits per heavy atom. The molecule has 3 rings (SSSR count). The van der Waals surface area contributed by atoms with Gasteiger partial charge in [0.1, 0.15) is 11.4 Å². The highest BCUT2D eigenvalue weighted by atomic mass is 16.2. The standard InChI is InChI=1S/C15H19N5O/c1-10-7-14(19-18-10)15-13(16-4-5-17-15)8-12-3-6-20(9-12)11(2)21/h4-5,7,12H,3,6,8-9H2,1-2H3,(H,18,19)/t12-/m0/s1. The maximum absolute atomic E-state index is 11.4. The number of hydrogen-bond acceptors (Lipinski definition) is 4. The number of aromatic amines is 1. The number of rotatable bonds is 3. The summed E-state index contributed by atoms with van der Waals surface area (Å²) in [5, 5.41) is 7.21. The summed E-state index contributed by atoms with van der Waals surface area (Å²) < 4.78 is 0. The maximum Gasteiger partial charge on any atom is 0.219 e. The van der Waals surface area contributed by atoms with Crippen LogP contribution in [0, 0.1) is 12.8 Å². The zero-order valence-corrected chi connectivity index (χ0v) is 12.3. The van der Waals surface area contributed by atoms with E-state index in [0.29, 0.717) is 5.92 Å². The van der Waals surface area contributed by atoms with Crippen molar-refractivity contribution in [3.05, 3.63) is 29.8 Å². The summed E-state index contributed by atoms with van der Waals surface area (Å²) in [6.07, 6.45) is 5.27. The average Bonchev–Trinajstić information content (AvgIpc) is 3.09. The number of H-pyrrole nitrogens is 1. The largest absolute Gasteiger partial charge is 0.343 e. The van der Waals surface area contributed by atoms with Gasteiger partial charge in [-0.3, -0.25) is 19.9 Å². The van der Waals surface area contributed by atoms with Gasteiger partial charge >= 0.3 is 0 Å². The summed E-state index contributed by atoms with van der Waals surface area (Å²) in [6.45, 7) is 5.25. The first-order chi connectivity index (χ1) is 10.1. The quantitative estimate of drug-likeness (QED) is 0.929. The third-order valence-electron chi connectivity index (χ3n) is 3.94. The molecule has 1 atom stereocenters. The molecule has 0 saturated carbocycles. The zero-order valence-electron chi connectivity index (χ0n) is 12.3. The minimum absolute atomic E-state index is 0.153. The van der Waals surface area contributed by atoms with Crippen molar-refractivity contribution in [1.29, 1.82) is 0 Å². The molecule has 0 aliphatic carbocycles. The highest BCUT2D eigenvalue weighted by Crippen LogP contribution is 2.25. The molecule has 1 amide bonds. The number of aryl methyl sites for hydroxylation is 1. The summed E-state index contributed by atoms with van der Waals surface area (Å²) in [5.41, 5.74) is 3.63. The fourth-order valence-corrected chi connectivity index (χ4v) is 2.83. The summed E-state index contributed by atoms with van der Waals surface area (Å²) in [5.74, 6) is 0.601. The molecule has 1 N–H and O–H groups in total. The number of amides is 1. The monoisotopic (exact) mass is 285 g/mol. The van der Waals surface area contributed by atoms with Crippen molar-refractivity contribution in [2.45, 2.75) is 26.7 Å². The van der Waals surface area contributed by atoms with E-state index in [2.05, 4.69) is 20.2 Å². The van der Waals surface area contributed by atoms with Gasteiger partial charge in [0, 0.05) is 38.1 Å². The van der Waals surface area contributed by atoms with Gasteiger partial charge < -0.3 is 4.90 Å². The minimum atomic E-state index is 0.153. The van der Waals surface area contributed by atoms with Gasteiger partial charge in [-0.2, -0.15) is 5.10 Å². The van der Waals surface area contributed by atoms with Crippen molar-refractivity contribution >= 4 is 5.91 Å². The van der Waals surface area contributed by atoms with Crippen LogP contribution in [-0.4, -0.2) is 44.1 Å². The molecule has 1 aliphatic heterocycles. The Hall–Kier alpha value is -2.24. The lowest BCUT2D eigenvalue weighted by Gasteiger charge is -2.14. The summed E-state index contributed by atoms with van der Waals surface area (Å²) >= 11 is 0. The molecule has 0 radical (unpaired) electrons. The van der Waals surface area contributed by atoms with E-state index in [4.69, 9.17) is 0 Å². The second-order valence-electron chi connectivity index (χ2n) is 5.61. The van der Waals surface area contributed by atoms with Crippen molar-refractivity contribution in [3.8, 4) is 11.4 Å². The van der Waals surface area contributed by atoms with Crippen LogP contribution in [0.2, 0.25) is 0 Å². The first-order valence-corrected chi connectivity index (χ1v) is 7.21. The van der Waals surface area contributed by atoms with E-state index in [9.17, 15) is 4.79 Å². The SMILES string of the molecule is CC(=O)N1CC[C@@H](Cc2nccnc2-c2cc(C)[nH]n2)C1. The third kappa shape index (κ3) is 2.94. The molecule has 6 heteroatoms. The number of nitrogens with zero attached hydrogens (tertiary/aromatic N) is 4. The topological polar surface area (TPSA) is 74.8 Å². The molecule has 0 spiro atoms. The van der Waals surface area contributed by atoms with Crippen molar-refractivity contribution in [2.24, 2.45) is 5.92 Å². The lowest BCUT2D eigenvalue weighted by Crippen LogP contribution is -2.26. The number of likely N-dealkylation sites (tertiary alicyclic amines) is 1. The van der Waals surface area contributed by atoms with E-state index < -0.39 is 0 Å². The molecule has 0 bridgehead atoms. The minimum Gasteiger partial charge on any atom is -0.343 e. The van der Waals surface area contributed by atoms with Crippen LogP contribution in [0.3, 0.4) is 0 Å². The van der Waals surface area contributed by atoms with Crippen LogP contribution in [-0.2, 0) is 11.2 Å². The van der Waals surface area contributed by atoms with Crippen molar-refractivity contribution in [1.82, 2.24) is 25.1 Å². The van der Waals surface area contributed by atoms with E-state index in [1.54, 1.807) is 19.3 Å². The molecule has 1 fully saturated rings. The molecular weight excluding hydrogens is 266 g/mol. The molecule has 2 aromatic rings. The molecule has 6 nitrogen and oxygen atoms in total. The number of carbonyl (C=O) groups is 1. The van der Waals surface area contributed by atoms with E-state index in [1.165, 1.54) is 0 Å². The number of nitrogens with one attached hydrogen (secondary N) is 1. The number of hydrogen-bond donors (Lipinski definition) is 1. The van der Waals surface area contributed by atoms with Crippen LogP contribution in [0.25, 0.3) is 11.4 Å². The maximum atomic E-state index is 11.4. The Bertz CT molecular complexity index is 651. The van der Waals surface area contributed by atoms with Crippen LogP contribution in [0.1, 0.15) is 24.7 Å².